The number of imidazole rings is 2. The van der Waals surface area contributed by atoms with Gasteiger partial charge in [0.25, 0.3) is 0 Å². The number of H-pyrrole nitrogens is 2. The minimum atomic E-state index is -1.35. The van der Waals surface area contributed by atoms with E-state index in [-0.39, 0.29) is 133 Å². The Hall–Kier alpha value is -8.62. The highest BCUT2D eigenvalue weighted by Gasteiger charge is 2.41. The zero-order valence-electron chi connectivity index (χ0n) is 49.7. The number of nitrogens with zero attached hydrogens (tertiary/aromatic N) is 3. The van der Waals surface area contributed by atoms with Crippen molar-refractivity contribution in [1.82, 2.24) is 78.0 Å². The molecule has 0 radical (unpaired) electrons. The van der Waals surface area contributed by atoms with E-state index in [2.05, 4.69) is 73.1 Å². The number of carbonyl (C=O) groups excluding carboxylic acids is 8. The van der Waals surface area contributed by atoms with Gasteiger partial charge >= 0.3 is 5.97 Å². The number of aromatic amines is 2. The number of likely N-dealkylation sites (tertiary alicyclic amines) is 1. The minimum absolute atomic E-state index is 0.0339. The lowest BCUT2D eigenvalue weighted by Crippen LogP contribution is -2.60. The van der Waals surface area contributed by atoms with E-state index in [1.54, 1.807) is 12.4 Å². The Labute approximate surface area is 500 Å². The van der Waals surface area contributed by atoms with Gasteiger partial charge in [-0.3, -0.25) is 54.6 Å². The molecule has 8 amide bonds. The van der Waals surface area contributed by atoms with Crippen LogP contribution in [0.25, 0.3) is 0 Å². The van der Waals surface area contributed by atoms with Crippen LogP contribution in [-0.4, -0.2) is 188 Å². The largest absolute Gasteiger partial charge is 0.480 e. The third kappa shape index (κ3) is 26.5. The Balaban J connectivity index is 1.91. The molecule has 1 aliphatic heterocycles. The summed E-state index contributed by atoms with van der Waals surface area (Å²) in [4.78, 5) is 141. The van der Waals surface area contributed by atoms with Gasteiger partial charge in [-0.15, -0.1) is 0 Å². The number of carbonyl (C=O) groups is 9. The topological polar surface area (TPSA) is 556 Å². The van der Waals surface area contributed by atoms with E-state index in [0.29, 0.717) is 37.2 Å². The molecule has 480 valence electrons. The van der Waals surface area contributed by atoms with E-state index in [1.807, 2.05) is 27.7 Å². The fourth-order valence-electron chi connectivity index (χ4n) is 9.49. The molecular formula is C53H93N23O10. The monoisotopic (exact) mass is 1210 g/mol. The zero-order valence-corrected chi connectivity index (χ0v) is 49.7. The molecule has 0 spiro atoms. The molecule has 2 aromatic heterocycles. The molecule has 0 aliphatic carbocycles. The van der Waals surface area contributed by atoms with Gasteiger partial charge in [-0.05, 0) is 102 Å². The molecule has 0 bridgehead atoms. The van der Waals surface area contributed by atoms with Crippen LogP contribution in [0.1, 0.15) is 123 Å². The Kier molecular flexibility index (Phi) is 31.4. The molecule has 33 nitrogen and oxygen atoms in total. The molecule has 1 fully saturated rings. The Bertz CT molecular complexity index is 2530. The van der Waals surface area contributed by atoms with Crippen LogP contribution in [0.3, 0.4) is 0 Å². The number of carboxylic acid groups (broad SMARTS) is 1. The second kappa shape index (κ2) is 37.6. The van der Waals surface area contributed by atoms with Crippen LogP contribution in [0.4, 0.5) is 0 Å². The van der Waals surface area contributed by atoms with Crippen LogP contribution < -0.4 is 81.8 Å². The lowest BCUT2D eigenvalue weighted by Gasteiger charge is -2.31. The van der Waals surface area contributed by atoms with Crippen LogP contribution in [0, 0.1) is 28.1 Å². The molecule has 86 heavy (non-hydrogen) atoms. The van der Waals surface area contributed by atoms with Gasteiger partial charge in [0, 0.05) is 51.4 Å². The van der Waals surface area contributed by atoms with Gasteiger partial charge in [-0.1, -0.05) is 27.7 Å². The van der Waals surface area contributed by atoms with Crippen molar-refractivity contribution >= 4 is 71.1 Å². The maximum absolute atomic E-state index is 14.8. The van der Waals surface area contributed by atoms with Crippen LogP contribution >= 0.6 is 0 Å². The van der Waals surface area contributed by atoms with Crippen molar-refractivity contribution in [2.45, 2.75) is 178 Å². The number of hydrogen-bond acceptors (Lipinski definition) is 16. The van der Waals surface area contributed by atoms with E-state index in [0.717, 1.165) is 0 Å². The molecule has 1 aliphatic rings. The summed E-state index contributed by atoms with van der Waals surface area (Å²) in [6.45, 7) is 8.01. The number of unbranched alkanes of at least 4 members (excludes halogenated alkanes) is 1. The van der Waals surface area contributed by atoms with Gasteiger partial charge < -0.3 is 102 Å². The molecule has 0 saturated carbocycles. The SMILES string of the molecule is CC(C)C[C@H](NC(=O)[C@H](Cc1c[nH]cn1)NC(=O)[C@@H](N)Cc1c[nH]cn1)C(=O)N[C@@H](CC(C)C)C(=O)N[C@@H](CCCNC(=N)N)C(=O)N1CCC[C@H]1C(=O)N[C@@H](CCCNC(=N)N)C(=O)N[C@@H](CCCNC(=N)N)C(=O)N[C@@H](CCCCN)C(=O)O. The molecule has 0 unspecified atom stereocenters. The molecule has 26 N–H and O–H groups in total. The van der Waals surface area contributed by atoms with E-state index in [9.17, 15) is 48.3 Å². The van der Waals surface area contributed by atoms with E-state index in [4.69, 9.17) is 44.9 Å². The molecular weight excluding hydrogens is 1120 g/mol. The Morgan fingerprint density at radius 1 is 0.570 bits per heavy atom. The number of aromatic nitrogens is 4. The highest BCUT2D eigenvalue weighted by atomic mass is 16.4. The van der Waals surface area contributed by atoms with E-state index in [1.165, 1.54) is 17.6 Å². The first-order valence-electron chi connectivity index (χ1n) is 29.1. The molecule has 33 heteroatoms. The van der Waals surface area contributed by atoms with Crippen molar-refractivity contribution in [2.75, 3.05) is 32.7 Å². The average Bonchev–Trinajstić information content (AvgIpc) is 4.32. The maximum atomic E-state index is 14.8. The predicted octanol–water partition coefficient (Wildman–Crippen LogP) is -4.27. The van der Waals surface area contributed by atoms with E-state index >= 15 is 0 Å². The molecule has 9 atom stereocenters. The van der Waals surface area contributed by atoms with Gasteiger partial charge in [-0.2, -0.15) is 0 Å². The second-order valence-electron chi connectivity index (χ2n) is 22.1. The fourth-order valence-corrected chi connectivity index (χ4v) is 9.49. The maximum Gasteiger partial charge on any atom is 0.326 e. The van der Waals surface area contributed by atoms with Crippen molar-refractivity contribution < 1.29 is 48.3 Å². The highest BCUT2D eigenvalue weighted by Crippen LogP contribution is 2.21. The summed E-state index contributed by atoms with van der Waals surface area (Å²) in [5, 5.41) is 59.5. The number of aliphatic carboxylic acids is 1. The van der Waals surface area contributed by atoms with Gasteiger partial charge in [0.05, 0.1) is 30.1 Å². The van der Waals surface area contributed by atoms with Crippen LogP contribution in [0.5, 0.6) is 0 Å². The van der Waals surface area contributed by atoms with Gasteiger partial charge in [0.1, 0.15) is 48.3 Å². The number of hydrogen-bond donors (Lipinski definition) is 21. The summed E-state index contributed by atoms with van der Waals surface area (Å²) >= 11 is 0. The van der Waals surface area contributed by atoms with Crippen molar-refractivity contribution in [3.05, 3.63) is 36.4 Å². The first-order valence-corrected chi connectivity index (χ1v) is 29.1. The van der Waals surface area contributed by atoms with Crippen molar-refractivity contribution in [2.24, 2.45) is 40.5 Å². The van der Waals surface area contributed by atoms with E-state index < -0.39 is 108 Å². The number of nitrogens with two attached hydrogens (primary N) is 5. The number of rotatable bonds is 40. The molecule has 0 aromatic carbocycles. The normalized spacial score (nSPS) is 15.7. The molecule has 2 aromatic rings. The third-order valence-corrected chi connectivity index (χ3v) is 13.8. The second-order valence-corrected chi connectivity index (χ2v) is 22.1. The Morgan fingerprint density at radius 3 is 1.43 bits per heavy atom. The summed E-state index contributed by atoms with van der Waals surface area (Å²) in [5.41, 5.74) is 29.2. The van der Waals surface area contributed by atoms with Crippen molar-refractivity contribution in [3.8, 4) is 0 Å². The standard InChI is InChI=1S/C53H93N23O10/c1-29(2)21-38(74-46(81)39(22-30(3)4)75-47(82)40(24-32-26-63-28-68-32)73-42(77)33(55)23-31-25-62-27-67-31)45(80)71-36(14-9-19-66-53(60)61)49(84)76-20-10-15-41(76)48(83)70-35(13-8-18-65-52(58)59)43(78)69-34(12-7-17-64-51(56)57)44(79)72-37(50(85)86)11-5-6-16-54/h25-30,33-41H,5-24,54-55H2,1-4H3,(H,62,67)(H,63,68)(H,69,78)(H,70,83)(H,71,80)(H,72,79)(H,73,77)(H,74,81)(H,75,82)(H,85,86)(H4,56,57,64)(H4,58,59,65)(H4,60,61,66)/t33-,34-,35-,36-,37-,38-,39-,40-,41-/m0/s1. The Morgan fingerprint density at radius 2 is 0.977 bits per heavy atom. The molecule has 3 heterocycles. The van der Waals surface area contributed by atoms with Crippen molar-refractivity contribution in [1.29, 1.82) is 16.2 Å². The summed E-state index contributed by atoms with van der Waals surface area (Å²) in [6.07, 6.45) is 7.98. The molecule has 1 saturated heterocycles. The molecule has 3 rings (SSSR count). The minimum Gasteiger partial charge on any atom is -0.480 e. The summed E-state index contributed by atoms with van der Waals surface area (Å²) < 4.78 is 0. The van der Waals surface area contributed by atoms with Crippen LogP contribution in [-0.2, 0) is 56.0 Å². The van der Waals surface area contributed by atoms with Crippen LogP contribution in [0.2, 0.25) is 0 Å². The van der Waals surface area contributed by atoms with Gasteiger partial charge in [0.15, 0.2) is 17.9 Å². The van der Waals surface area contributed by atoms with Crippen molar-refractivity contribution in [3.63, 3.8) is 0 Å². The first-order chi connectivity index (χ1) is 40.8. The predicted molar refractivity (Wildman–Crippen MR) is 318 cm³/mol. The van der Waals surface area contributed by atoms with Crippen LogP contribution in [0.15, 0.2) is 25.0 Å². The summed E-state index contributed by atoms with van der Waals surface area (Å²) in [6, 6.07) is -11.3. The highest BCUT2D eigenvalue weighted by molar-refractivity contribution is 5.98. The summed E-state index contributed by atoms with van der Waals surface area (Å²) in [7, 11) is 0. The number of nitrogens with one attached hydrogen (secondary N) is 15. The summed E-state index contributed by atoms with van der Waals surface area (Å²) in [5.74, 6) is -8.63. The first kappa shape index (κ1) is 71.6. The number of guanidine groups is 3. The third-order valence-electron chi connectivity index (χ3n) is 13.8. The average molecular weight is 1210 g/mol. The lowest BCUT2D eigenvalue weighted by atomic mass is 9.99. The number of carboxylic acids is 1. The zero-order chi connectivity index (χ0) is 63.9. The quantitative estimate of drug-likeness (QED) is 0.0171. The fraction of sp³-hybridized carbons (Fsp3) is 0.660. The smallest absolute Gasteiger partial charge is 0.326 e. The van der Waals surface area contributed by atoms with Gasteiger partial charge in [0.2, 0.25) is 47.3 Å². The van der Waals surface area contributed by atoms with Gasteiger partial charge in [-0.25, -0.2) is 14.8 Å². The lowest BCUT2D eigenvalue weighted by molar-refractivity contribution is -0.143. The number of amides is 8.